The highest BCUT2D eigenvalue weighted by molar-refractivity contribution is 9.10. The summed E-state index contributed by atoms with van der Waals surface area (Å²) < 4.78 is 0.621. The molecule has 5 heteroatoms. The molecule has 0 heterocycles. The SMILES string of the molecule is N#Cc1c(CCl)ccc(Br)c1CC(=O)O. The summed E-state index contributed by atoms with van der Waals surface area (Å²) in [6.07, 6.45) is -0.186. The van der Waals surface area contributed by atoms with Crippen LogP contribution in [0.2, 0.25) is 0 Å². The Hall–Kier alpha value is -1.05. The maximum atomic E-state index is 10.6. The highest BCUT2D eigenvalue weighted by Gasteiger charge is 2.14. The van der Waals surface area contributed by atoms with E-state index in [1.165, 1.54) is 0 Å². The standard InChI is InChI=1S/C10H7BrClNO2/c11-9-2-1-6(4-12)8(5-13)7(9)3-10(14)15/h1-2H,3-4H2,(H,14,15). The predicted octanol–water partition coefficient (Wildman–Crippen LogP) is 2.69. The summed E-state index contributed by atoms with van der Waals surface area (Å²) >= 11 is 8.88. The van der Waals surface area contributed by atoms with E-state index in [-0.39, 0.29) is 12.3 Å². The van der Waals surface area contributed by atoms with Crippen molar-refractivity contribution in [2.75, 3.05) is 0 Å². The molecule has 1 rings (SSSR count). The fourth-order valence-electron chi connectivity index (χ4n) is 1.25. The molecule has 0 atom stereocenters. The van der Waals surface area contributed by atoms with E-state index in [0.717, 1.165) is 0 Å². The van der Waals surface area contributed by atoms with Crippen LogP contribution in [0.15, 0.2) is 16.6 Å². The molecular weight excluding hydrogens is 281 g/mol. The molecule has 0 spiro atoms. The van der Waals surface area contributed by atoms with E-state index in [1.54, 1.807) is 12.1 Å². The zero-order valence-electron chi connectivity index (χ0n) is 7.63. The van der Waals surface area contributed by atoms with Crippen LogP contribution in [0, 0.1) is 11.3 Å². The molecular formula is C10H7BrClNO2. The maximum Gasteiger partial charge on any atom is 0.307 e. The van der Waals surface area contributed by atoms with Gasteiger partial charge in [0.15, 0.2) is 0 Å². The summed E-state index contributed by atoms with van der Waals surface area (Å²) in [4.78, 5) is 10.6. The third-order valence-electron chi connectivity index (χ3n) is 1.93. The van der Waals surface area contributed by atoms with Gasteiger partial charge in [0.1, 0.15) is 0 Å². The number of carbonyl (C=O) groups is 1. The topological polar surface area (TPSA) is 61.1 Å². The maximum absolute atomic E-state index is 10.6. The summed E-state index contributed by atoms with van der Waals surface area (Å²) in [6, 6.07) is 5.40. The molecule has 3 nitrogen and oxygen atoms in total. The minimum absolute atomic E-state index is 0.186. The average Bonchev–Trinajstić information content (AvgIpc) is 2.20. The van der Waals surface area contributed by atoms with Crippen molar-refractivity contribution >= 4 is 33.5 Å². The Balaban J connectivity index is 3.33. The van der Waals surface area contributed by atoms with Crippen LogP contribution < -0.4 is 0 Å². The number of rotatable bonds is 3. The normalized spacial score (nSPS) is 9.67. The minimum atomic E-state index is -0.973. The number of nitrogens with zero attached hydrogens (tertiary/aromatic N) is 1. The second-order valence-electron chi connectivity index (χ2n) is 2.88. The lowest BCUT2D eigenvalue weighted by Crippen LogP contribution is -2.05. The summed E-state index contributed by atoms with van der Waals surface area (Å²) in [5.74, 6) is -0.776. The zero-order chi connectivity index (χ0) is 11.4. The van der Waals surface area contributed by atoms with Crippen molar-refractivity contribution in [1.29, 1.82) is 5.26 Å². The number of alkyl halides is 1. The smallest absolute Gasteiger partial charge is 0.307 e. The Morgan fingerprint density at radius 2 is 2.27 bits per heavy atom. The third kappa shape index (κ3) is 2.71. The van der Waals surface area contributed by atoms with Crippen molar-refractivity contribution in [3.8, 4) is 6.07 Å². The molecule has 1 aromatic carbocycles. The number of carboxylic acids is 1. The van der Waals surface area contributed by atoms with Crippen LogP contribution in [-0.4, -0.2) is 11.1 Å². The van der Waals surface area contributed by atoms with Crippen molar-refractivity contribution in [3.63, 3.8) is 0 Å². The predicted molar refractivity (Wildman–Crippen MR) is 59.8 cm³/mol. The fourth-order valence-corrected chi connectivity index (χ4v) is 1.94. The molecule has 15 heavy (non-hydrogen) atoms. The van der Waals surface area contributed by atoms with Gasteiger partial charge in [-0.3, -0.25) is 4.79 Å². The van der Waals surface area contributed by atoms with E-state index in [1.807, 2.05) is 6.07 Å². The number of halogens is 2. The van der Waals surface area contributed by atoms with Crippen molar-refractivity contribution in [2.24, 2.45) is 0 Å². The number of carboxylic acid groups (broad SMARTS) is 1. The van der Waals surface area contributed by atoms with Crippen LogP contribution in [0.1, 0.15) is 16.7 Å². The lowest BCUT2D eigenvalue weighted by Gasteiger charge is -2.07. The van der Waals surface area contributed by atoms with E-state index < -0.39 is 5.97 Å². The Kier molecular flexibility index (Phi) is 4.13. The van der Waals surface area contributed by atoms with Gasteiger partial charge in [0, 0.05) is 10.4 Å². The Morgan fingerprint density at radius 1 is 1.60 bits per heavy atom. The first-order chi connectivity index (χ1) is 7.10. The second-order valence-corrected chi connectivity index (χ2v) is 4.00. The van der Waals surface area contributed by atoms with Gasteiger partial charge in [-0.05, 0) is 17.2 Å². The van der Waals surface area contributed by atoms with Crippen LogP contribution in [0.3, 0.4) is 0 Å². The number of benzene rings is 1. The largest absolute Gasteiger partial charge is 0.481 e. The van der Waals surface area contributed by atoms with E-state index >= 15 is 0 Å². The fraction of sp³-hybridized carbons (Fsp3) is 0.200. The van der Waals surface area contributed by atoms with E-state index in [2.05, 4.69) is 15.9 Å². The molecule has 1 N–H and O–H groups in total. The van der Waals surface area contributed by atoms with Crippen LogP contribution >= 0.6 is 27.5 Å². The summed E-state index contributed by atoms with van der Waals surface area (Å²) in [7, 11) is 0. The van der Waals surface area contributed by atoms with Crippen LogP contribution in [-0.2, 0) is 17.1 Å². The quantitative estimate of drug-likeness (QED) is 0.870. The first-order valence-corrected chi connectivity index (χ1v) is 5.41. The lowest BCUT2D eigenvalue weighted by atomic mass is 10.0. The number of nitriles is 1. The number of aliphatic carboxylic acids is 1. The van der Waals surface area contributed by atoms with Crippen LogP contribution in [0.5, 0.6) is 0 Å². The molecule has 0 saturated carbocycles. The van der Waals surface area contributed by atoms with Crippen molar-refractivity contribution in [1.82, 2.24) is 0 Å². The zero-order valence-corrected chi connectivity index (χ0v) is 9.97. The van der Waals surface area contributed by atoms with Gasteiger partial charge in [-0.1, -0.05) is 22.0 Å². The van der Waals surface area contributed by atoms with E-state index in [4.69, 9.17) is 22.0 Å². The molecule has 0 aromatic heterocycles. The molecule has 0 aliphatic heterocycles. The minimum Gasteiger partial charge on any atom is -0.481 e. The lowest BCUT2D eigenvalue weighted by molar-refractivity contribution is -0.136. The first kappa shape index (κ1) is 12.0. The molecule has 0 saturated heterocycles. The molecule has 0 radical (unpaired) electrons. The molecule has 78 valence electrons. The molecule has 0 unspecified atom stereocenters. The van der Waals surface area contributed by atoms with Crippen molar-refractivity contribution in [2.45, 2.75) is 12.3 Å². The molecule has 0 aliphatic rings. The van der Waals surface area contributed by atoms with Crippen LogP contribution in [0.4, 0.5) is 0 Å². The summed E-state index contributed by atoms with van der Waals surface area (Å²) in [5, 5.41) is 17.7. The second kappa shape index (κ2) is 5.15. The average molecular weight is 289 g/mol. The molecule has 0 amide bonds. The number of hydrogen-bond acceptors (Lipinski definition) is 2. The van der Waals surface area contributed by atoms with Crippen molar-refractivity contribution in [3.05, 3.63) is 33.3 Å². The summed E-state index contributed by atoms with van der Waals surface area (Å²) in [5.41, 5.74) is 1.48. The van der Waals surface area contributed by atoms with Gasteiger partial charge in [-0.25, -0.2) is 0 Å². The van der Waals surface area contributed by atoms with Crippen molar-refractivity contribution < 1.29 is 9.90 Å². The van der Waals surface area contributed by atoms with Gasteiger partial charge in [0.25, 0.3) is 0 Å². The highest BCUT2D eigenvalue weighted by Crippen LogP contribution is 2.25. The van der Waals surface area contributed by atoms with Gasteiger partial charge < -0.3 is 5.11 Å². The van der Waals surface area contributed by atoms with Gasteiger partial charge in [-0.15, -0.1) is 11.6 Å². The van der Waals surface area contributed by atoms with E-state index in [0.29, 0.717) is 21.2 Å². The highest BCUT2D eigenvalue weighted by atomic mass is 79.9. The van der Waals surface area contributed by atoms with E-state index in [9.17, 15) is 4.79 Å². The number of hydrogen-bond donors (Lipinski definition) is 1. The van der Waals surface area contributed by atoms with Gasteiger partial charge in [-0.2, -0.15) is 5.26 Å². The van der Waals surface area contributed by atoms with Gasteiger partial charge >= 0.3 is 5.97 Å². The Morgan fingerprint density at radius 3 is 2.73 bits per heavy atom. The molecule has 0 aliphatic carbocycles. The summed E-state index contributed by atoms with van der Waals surface area (Å²) in [6.45, 7) is 0. The molecule has 0 bridgehead atoms. The third-order valence-corrected chi connectivity index (χ3v) is 2.96. The monoisotopic (exact) mass is 287 g/mol. The van der Waals surface area contributed by atoms with Crippen LogP contribution in [0.25, 0.3) is 0 Å². The first-order valence-electron chi connectivity index (χ1n) is 4.08. The molecule has 0 fully saturated rings. The molecule has 1 aromatic rings. The Bertz CT molecular complexity index is 440. The van der Waals surface area contributed by atoms with Gasteiger partial charge in [0.2, 0.25) is 0 Å². The van der Waals surface area contributed by atoms with Gasteiger partial charge in [0.05, 0.1) is 18.1 Å². The Labute approximate surface area is 100 Å².